The number of carbonyl (C=O) groups excluding carboxylic acids is 1. The molecule has 0 saturated heterocycles. The number of benzene rings is 2. The number of hydrogen-bond acceptors (Lipinski definition) is 5. The lowest BCUT2D eigenvalue weighted by Gasteiger charge is -2.24. The summed E-state index contributed by atoms with van der Waals surface area (Å²) in [5.74, 6) is 0.313. The first-order chi connectivity index (χ1) is 17.1. The number of rotatable bonds is 9. The standard InChI is InChI=1S/C28H26FNO5/c1-2-3-4-5-14-33-20-11-8-18(9-12-20)25-24-26(31)22-16-19(29)10-13-23(22)35-27(24)28(32)30(25)17-21-7-6-15-34-21/h6-13,15-16,25H,2-5,14,17H2,1H3. The Bertz CT molecular complexity index is 1390. The summed E-state index contributed by atoms with van der Waals surface area (Å²) in [4.78, 5) is 28.5. The topological polar surface area (TPSA) is 72.9 Å². The molecular formula is C28H26FNO5. The van der Waals surface area contributed by atoms with E-state index in [1.807, 2.05) is 24.3 Å². The van der Waals surface area contributed by atoms with Crippen molar-refractivity contribution < 1.29 is 22.8 Å². The predicted molar refractivity (Wildman–Crippen MR) is 129 cm³/mol. The van der Waals surface area contributed by atoms with Gasteiger partial charge in [-0.3, -0.25) is 9.59 Å². The molecule has 0 N–H and O–H groups in total. The highest BCUT2D eigenvalue weighted by molar-refractivity contribution is 5.99. The summed E-state index contributed by atoms with van der Waals surface area (Å²) in [5, 5.41) is 0.105. The summed E-state index contributed by atoms with van der Waals surface area (Å²) in [6.45, 7) is 2.96. The molecule has 5 rings (SSSR count). The van der Waals surface area contributed by atoms with Crippen LogP contribution in [0.25, 0.3) is 11.0 Å². The number of furan rings is 1. The quantitative estimate of drug-likeness (QED) is 0.268. The summed E-state index contributed by atoms with van der Waals surface area (Å²) in [6.07, 6.45) is 6.00. The Kier molecular flexibility index (Phi) is 6.40. The minimum Gasteiger partial charge on any atom is -0.494 e. The highest BCUT2D eigenvalue weighted by Gasteiger charge is 2.43. The van der Waals surface area contributed by atoms with Gasteiger partial charge in [-0.1, -0.05) is 38.3 Å². The number of hydrogen-bond donors (Lipinski definition) is 0. The van der Waals surface area contributed by atoms with Gasteiger partial charge in [0.1, 0.15) is 22.9 Å². The van der Waals surface area contributed by atoms with E-state index in [0.717, 1.165) is 30.2 Å². The van der Waals surface area contributed by atoms with Gasteiger partial charge in [-0.05, 0) is 54.4 Å². The molecule has 1 amide bonds. The maximum Gasteiger partial charge on any atom is 0.291 e. The summed E-state index contributed by atoms with van der Waals surface area (Å²) in [7, 11) is 0. The first kappa shape index (κ1) is 22.9. The first-order valence-electron chi connectivity index (χ1n) is 11.9. The van der Waals surface area contributed by atoms with Crippen LogP contribution in [0.15, 0.2) is 74.5 Å². The van der Waals surface area contributed by atoms with Crippen LogP contribution in [0.5, 0.6) is 5.75 Å². The van der Waals surface area contributed by atoms with Crippen LogP contribution < -0.4 is 10.2 Å². The Balaban J connectivity index is 1.52. The monoisotopic (exact) mass is 475 g/mol. The zero-order valence-electron chi connectivity index (χ0n) is 19.5. The van der Waals surface area contributed by atoms with Crippen molar-refractivity contribution in [3.63, 3.8) is 0 Å². The number of fused-ring (bicyclic) bond motifs is 2. The van der Waals surface area contributed by atoms with Gasteiger partial charge in [0, 0.05) is 0 Å². The van der Waals surface area contributed by atoms with Gasteiger partial charge in [0.05, 0.1) is 36.4 Å². The Labute approximate surface area is 201 Å². The number of carbonyl (C=O) groups is 1. The smallest absolute Gasteiger partial charge is 0.291 e. The molecule has 4 aromatic rings. The summed E-state index contributed by atoms with van der Waals surface area (Å²) >= 11 is 0. The lowest BCUT2D eigenvalue weighted by Crippen LogP contribution is -2.29. The highest BCUT2D eigenvalue weighted by Crippen LogP contribution is 2.39. The van der Waals surface area contributed by atoms with Crippen molar-refractivity contribution >= 4 is 16.9 Å². The van der Waals surface area contributed by atoms with E-state index in [9.17, 15) is 14.0 Å². The Morgan fingerprint density at radius 2 is 1.86 bits per heavy atom. The van der Waals surface area contributed by atoms with Crippen LogP contribution in [0.2, 0.25) is 0 Å². The van der Waals surface area contributed by atoms with Crippen LogP contribution >= 0.6 is 0 Å². The molecule has 1 aliphatic rings. The lowest BCUT2D eigenvalue weighted by molar-refractivity contribution is 0.0701. The van der Waals surface area contributed by atoms with Gasteiger partial charge in [-0.15, -0.1) is 0 Å². The zero-order valence-corrected chi connectivity index (χ0v) is 19.5. The van der Waals surface area contributed by atoms with Gasteiger partial charge in [0.15, 0.2) is 5.43 Å². The molecule has 6 nitrogen and oxygen atoms in total. The molecule has 0 fully saturated rings. The average molecular weight is 476 g/mol. The van der Waals surface area contributed by atoms with E-state index in [2.05, 4.69) is 6.92 Å². The van der Waals surface area contributed by atoms with Gasteiger partial charge < -0.3 is 18.5 Å². The van der Waals surface area contributed by atoms with Crippen molar-refractivity contribution in [2.45, 2.75) is 45.2 Å². The predicted octanol–water partition coefficient (Wildman–Crippen LogP) is 6.23. The highest BCUT2D eigenvalue weighted by atomic mass is 19.1. The molecule has 2 aromatic carbocycles. The molecule has 1 unspecified atom stereocenters. The fraction of sp³-hybridized carbons (Fsp3) is 0.286. The molecular weight excluding hydrogens is 449 g/mol. The third-order valence-corrected chi connectivity index (χ3v) is 6.30. The van der Waals surface area contributed by atoms with Gasteiger partial charge in [0.25, 0.3) is 5.91 Å². The third kappa shape index (κ3) is 4.46. The molecule has 0 aliphatic carbocycles. The van der Waals surface area contributed by atoms with Crippen LogP contribution in [-0.4, -0.2) is 17.4 Å². The number of ether oxygens (including phenoxy) is 1. The molecule has 0 bridgehead atoms. The number of nitrogens with zero attached hydrogens (tertiary/aromatic N) is 1. The van der Waals surface area contributed by atoms with Crippen molar-refractivity contribution in [3.05, 3.63) is 99.5 Å². The van der Waals surface area contributed by atoms with Crippen LogP contribution in [0.1, 0.15) is 66.1 Å². The molecule has 0 radical (unpaired) electrons. The van der Waals surface area contributed by atoms with E-state index in [1.165, 1.54) is 31.2 Å². The van der Waals surface area contributed by atoms with Crippen LogP contribution in [0.4, 0.5) is 4.39 Å². The molecule has 35 heavy (non-hydrogen) atoms. The third-order valence-electron chi connectivity index (χ3n) is 6.30. The number of unbranched alkanes of at least 4 members (excludes halogenated alkanes) is 3. The summed E-state index contributed by atoms with van der Waals surface area (Å²) in [6, 6.07) is 13.9. The minimum atomic E-state index is -0.704. The Morgan fingerprint density at radius 1 is 1.03 bits per heavy atom. The lowest BCUT2D eigenvalue weighted by atomic mass is 9.98. The molecule has 2 aromatic heterocycles. The molecule has 1 atom stereocenters. The maximum absolute atomic E-state index is 13.9. The molecule has 0 spiro atoms. The molecule has 1 aliphatic heterocycles. The second-order valence-electron chi connectivity index (χ2n) is 8.71. The molecule has 3 heterocycles. The summed E-state index contributed by atoms with van der Waals surface area (Å²) in [5.41, 5.74) is 0.684. The zero-order chi connectivity index (χ0) is 24.4. The van der Waals surface area contributed by atoms with Crippen molar-refractivity contribution in [1.29, 1.82) is 0 Å². The van der Waals surface area contributed by atoms with Crippen molar-refractivity contribution in [3.8, 4) is 5.75 Å². The molecule has 0 saturated carbocycles. The van der Waals surface area contributed by atoms with Crippen molar-refractivity contribution in [1.82, 2.24) is 4.90 Å². The Morgan fingerprint density at radius 3 is 2.60 bits per heavy atom. The number of halogens is 1. The van der Waals surface area contributed by atoms with Gasteiger partial charge in [-0.2, -0.15) is 0 Å². The van der Waals surface area contributed by atoms with E-state index in [-0.39, 0.29) is 28.8 Å². The normalized spacial score (nSPS) is 15.1. The molecule has 180 valence electrons. The van der Waals surface area contributed by atoms with E-state index in [4.69, 9.17) is 13.6 Å². The minimum absolute atomic E-state index is 0.0260. The molecule has 7 heteroatoms. The van der Waals surface area contributed by atoms with E-state index in [0.29, 0.717) is 12.4 Å². The SMILES string of the molecule is CCCCCCOc1ccc(C2c3c(oc4ccc(F)cc4c3=O)C(=O)N2Cc2ccco2)cc1. The van der Waals surface area contributed by atoms with Gasteiger partial charge >= 0.3 is 0 Å². The second-order valence-corrected chi connectivity index (χ2v) is 8.71. The van der Waals surface area contributed by atoms with E-state index >= 15 is 0 Å². The van der Waals surface area contributed by atoms with Crippen molar-refractivity contribution in [2.24, 2.45) is 0 Å². The van der Waals surface area contributed by atoms with Crippen LogP contribution in [-0.2, 0) is 6.54 Å². The van der Waals surface area contributed by atoms with E-state index in [1.54, 1.807) is 17.0 Å². The fourth-order valence-electron chi connectivity index (χ4n) is 4.54. The van der Waals surface area contributed by atoms with Crippen molar-refractivity contribution in [2.75, 3.05) is 6.61 Å². The first-order valence-corrected chi connectivity index (χ1v) is 11.9. The van der Waals surface area contributed by atoms with Crippen LogP contribution in [0.3, 0.4) is 0 Å². The van der Waals surface area contributed by atoms with Gasteiger partial charge in [0.2, 0.25) is 5.76 Å². The number of amides is 1. The van der Waals surface area contributed by atoms with Crippen LogP contribution in [0, 0.1) is 5.82 Å². The summed E-state index contributed by atoms with van der Waals surface area (Å²) < 4.78 is 31.1. The average Bonchev–Trinajstić information content (AvgIpc) is 3.47. The van der Waals surface area contributed by atoms with Gasteiger partial charge in [-0.25, -0.2) is 4.39 Å². The second kappa shape index (κ2) is 9.78. The van der Waals surface area contributed by atoms with E-state index < -0.39 is 23.2 Å². The largest absolute Gasteiger partial charge is 0.494 e. The maximum atomic E-state index is 13.9. The Hall–Kier alpha value is -3.87. The fourth-order valence-corrected chi connectivity index (χ4v) is 4.54.